The van der Waals surface area contributed by atoms with Gasteiger partial charge in [-0.05, 0) is 44.2 Å². The van der Waals surface area contributed by atoms with Gasteiger partial charge in [0.05, 0.1) is 6.10 Å². The first-order chi connectivity index (χ1) is 8.29. The SMILES string of the molecule is CCCn1cccc1CNC1CCC(O)CC1. The molecule has 0 spiro atoms. The minimum atomic E-state index is -0.0583. The van der Waals surface area contributed by atoms with E-state index >= 15 is 0 Å². The van der Waals surface area contributed by atoms with Gasteiger partial charge in [0.2, 0.25) is 0 Å². The molecule has 0 atom stereocenters. The Hall–Kier alpha value is -0.800. The van der Waals surface area contributed by atoms with E-state index in [-0.39, 0.29) is 6.10 Å². The van der Waals surface area contributed by atoms with Crippen LogP contribution in [0.25, 0.3) is 0 Å². The summed E-state index contributed by atoms with van der Waals surface area (Å²) < 4.78 is 2.32. The monoisotopic (exact) mass is 236 g/mol. The number of aromatic nitrogens is 1. The van der Waals surface area contributed by atoms with Crippen molar-refractivity contribution in [1.29, 1.82) is 0 Å². The van der Waals surface area contributed by atoms with Crippen molar-refractivity contribution in [3.63, 3.8) is 0 Å². The van der Waals surface area contributed by atoms with Gasteiger partial charge in [0.25, 0.3) is 0 Å². The summed E-state index contributed by atoms with van der Waals surface area (Å²) in [6.07, 6.45) is 7.40. The van der Waals surface area contributed by atoms with Crippen molar-refractivity contribution in [2.24, 2.45) is 0 Å². The van der Waals surface area contributed by atoms with Crippen LogP contribution in [0.5, 0.6) is 0 Å². The van der Waals surface area contributed by atoms with Gasteiger partial charge in [0.1, 0.15) is 0 Å². The molecule has 0 amide bonds. The van der Waals surface area contributed by atoms with Crippen molar-refractivity contribution >= 4 is 0 Å². The Morgan fingerprint density at radius 2 is 2.12 bits per heavy atom. The highest BCUT2D eigenvalue weighted by atomic mass is 16.3. The standard InChI is InChI=1S/C14H24N2O/c1-2-9-16-10-3-4-13(16)11-15-12-5-7-14(17)8-6-12/h3-4,10,12,14-15,17H,2,5-9,11H2,1H3. The number of nitrogens with zero attached hydrogens (tertiary/aromatic N) is 1. The van der Waals surface area contributed by atoms with E-state index < -0.39 is 0 Å². The number of hydrogen-bond acceptors (Lipinski definition) is 2. The van der Waals surface area contributed by atoms with Gasteiger partial charge in [-0.15, -0.1) is 0 Å². The van der Waals surface area contributed by atoms with E-state index in [1.807, 2.05) is 0 Å². The molecule has 2 rings (SSSR count). The number of hydrogen-bond donors (Lipinski definition) is 2. The normalized spacial score (nSPS) is 25.1. The van der Waals surface area contributed by atoms with E-state index in [4.69, 9.17) is 0 Å². The quantitative estimate of drug-likeness (QED) is 0.823. The maximum absolute atomic E-state index is 9.46. The average Bonchev–Trinajstić information content (AvgIpc) is 2.77. The molecule has 3 heteroatoms. The third-order valence-corrected chi connectivity index (χ3v) is 3.66. The highest BCUT2D eigenvalue weighted by Gasteiger charge is 2.18. The molecule has 1 fully saturated rings. The molecule has 1 heterocycles. The van der Waals surface area contributed by atoms with Gasteiger partial charge in [-0.3, -0.25) is 0 Å². The summed E-state index contributed by atoms with van der Waals surface area (Å²) in [4.78, 5) is 0. The summed E-state index contributed by atoms with van der Waals surface area (Å²) in [6, 6.07) is 4.90. The maximum Gasteiger partial charge on any atom is 0.0541 e. The largest absolute Gasteiger partial charge is 0.393 e. The molecule has 0 radical (unpaired) electrons. The minimum Gasteiger partial charge on any atom is -0.393 e. The van der Waals surface area contributed by atoms with Crippen molar-refractivity contribution in [3.8, 4) is 0 Å². The van der Waals surface area contributed by atoms with Gasteiger partial charge in [-0.1, -0.05) is 6.92 Å². The van der Waals surface area contributed by atoms with Crippen LogP contribution in [0.3, 0.4) is 0 Å². The second-order valence-electron chi connectivity index (χ2n) is 5.08. The minimum absolute atomic E-state index is 0.0583. The van der Waals surface area contributed by atoms with Crippen LogP contribution in [0.2, 0.25) is 0 Å². The number of aliphatic hydroxyl groups excluding tert-OH is 1. The first-order valence-corrected chi connectivity index (χ1v) is 6.85. The van der Waals surface area contributed by atoms with Crippen molar-refractivity contribution in [1.82, 2.24) is 9.88 Å². The number of aryl methyl sites for hydroxylation is 1. The molecule has 1 aromatic heterocycles. The van der Waals surface area contributed by atoms with Gasteiger partial charge in [0, 0.05) is 31.0 Å². The molecule has 17 heavy (non-hydrogen) atoms. The third-order valence-electron chi connectivity index (χ3n) is 3.66. The van der Waals surface area contributed by atoms with Crippen LogP contribution in [0.15, 0.2) is 18.3 Å². The number of aliphatic hydroxyl groups is 1. The maximum atomic E-state index is 9.46. The van der Waals surface area contributed by atoms with Crippen LogP contribution in [0.4, 0.5) is 0 Å². The smallest absolute Gasteiger partial charge is 0.0541 e. The van der Waals surface area contributed by atoms with Gasteiger partial charge < -0.3 is 15.0 Å². The fourth-order valence-electron chi connectivity index (χ4n) is 2.60. The lowest BCUT2D eigenvalue weighted by molar-refractivity contribution is 0.116. The Kier molecular flexibility index (Phi) is 4.63. The molecular formula is C14H24N2O. The molecule has 0 aliphatic heterocycles. The Bertz CT molecular complexity index is 327. The molecule has 1 aliphatic carbocycles. The highest BCUT2D eigenvalue weighted by molar-refractivity contribution is 5.07. The van der Waals surface area contributed by atoms with Gasteiger partial charge in [-0.2, -0.15) is 0 Å². The van der Waals surface area contributed by atoms with Crippen LogP contribution < -0.4 is 5.32 Å². The molecule has 2 N–H and O–H groups in total. The molecule has 96 valence electrons. The van der Waals surface area contributed by atoms with Crippen LogP contribution >= 0.6 is 0 Å². The van der Waals surface area contributed by atoms with Crippen molar-refractivity contribution < 1.29 is 5.11 Å². The van der Waals surface area contributed by atoms with E-state index in [1.165, 1.54) is 12.1 Å². The zero-order chi connectivity index (χ0) is 12.1. The molecule has 1 aromatic rings. The van der Waals surface area contributed by atoms with Crippen molar-refractivity contribution in [2.75, 3.05) is 0 Å². The van der Waals surface area contributed by atoms with E-state index in [1.54, 1.807) is 0 Å². The lowest BCUT2D eigenvalue weighted by Gasteiger charge is -2.26. The fourth-order valence-corrected chi connectivity index (χ4v) is 2.60. The van der Waals surface area contributed by atoms with Gasteiger partial charge in [0.15, 0.2) is 0 Å². The number of nitrogens with one attached hydrogen (secondary N) is 1. The van der Waals surface area contributed by atoms with Crippen LogP contribution in [0.1, 0.15) is 44.7 Å². The summed E-state index contributed by atoms with van der Waals surface area (Å²) in [6.45, 7) is 4.26. The van der Waals surface area contributed by atoms with Crippen molar-refractivity contribution in [2.45, 2.75) is 64.3 Å². The van der Waals surface area contributed by atoms with Gasteiger partial charge >= 0.3 is 0 Å². The topological polar surface area (TPSA) is 37.2 Å². The molecule has 1 aliphatic rings. The summed E-state index contributed by atoms with van der Waals surface area (Å²) >= 11 is 0. The second kappa shape index (κ2) is 6.22. The molecule has 0 unspecified atom stereocenters. The predicted molar refractivity (Wildman–Crippen MR) is 69.8 cm³/mol. The molecular weight excluding hydrogens is 212 g/mol. The van der Waals surface area contributed by atoms with E-state index in [0.29, 0.717) is 6.04 Å². The highest BCUT2D eigenvalue weighted by Crippen LogP contribution is 2.18. The predicted octanol–water partition coefficient (Wildman–Crippen LogP) is 2.29. The average molecular weight is 236 g/mol. The Morgan fingerprint density at radius 1 is 1.35 bits per heavy atom. The first-order valence-electron chi connectivity index (χ1n) is 6.85. The van der Waals surface area contributed by atoms with E-state index in [9.17, 15) is 5.11 Å². The summed E-state index contributed by atoms with van der Waals surface area (Å²) in [7, 11) is 0. The zero-order valence-electron chi connectivity index (χ0n) is 10.7. The zero-order valence-corrected chi connectivity index (χ0v) is 10.7. The Balaban J connectivity index is 1.79. The lowest BCUT2D eigenvalue weighted by atomic mass is 9.93. The van der Waals surface area contributed by atoms with E-state index in [0.717, 1.165) is 38.8 Å². The van der Waals surface area contributed by atoms with Crippen molar-refractivity contribution in [3.05, 3.63) is 24.0 Å². The molecule has 0 saturated heterocycles. The molecule has 1 saturated carbocycles. The second-order valence-corrected chi connectivity index (χ2v) is 5.08. The van der Waals surface area contributed by atoms with Gasteiger partial charge in [-0.25, -0.2) is 0 Å². The Morgan fingerprint density at radius 3 is 2.82 bits per heavy atom. The molecule has 0 bridgehead atoms. The first kappa shape index (κ1) is 12.7. The van der Waals surface area contributed by atoms with Crippen LogP contribution in [0, 0.1) is 0 Å². The van der Waals surface area contributed by atoms with Crippen LogP contribution in [-0.2, 0) is 13.1 Å². The van der Waals surface area contributed by atoms with E-state index in [2.05, 4.69) is 35.1 Å². The van der Waals surface area contributed by atoms with Crippen LogP contribution in [-0.4, -0.2) is 21.8 Å². The Labute approximate surface area is 104 Å². The fraction of sp³-hybridized carbons (Fsp3) is 0.714. The summed E-state index contributed by atoms with van der Waals surface area (Å²) in [5.74, 6) is 0. The molecule has 3 nitrogen and oxygen atoms in total. The lowest BCUT2D eigenvalue weighted by Crippen LogP contribution is -2.34. The number of rotatable bonds is 5. The third kappa shape index (κ3) is 3.58. The summed E-state index contributed by atoms with van der Waals surface area (Å²) in [5, 5.41) is 13.1. The molecule has 0 aromatic carbocycles. The summed E-state index contributed by atoms with van der Waals surface area (Å²) in [5.41, 5.74) is 1.37.